The number of rotatable bonds is 0. The molecule has 2 N–H and O–H groups in total. The van der Waals surface area contributed by atoms with Crippen molar-refractivity contribution < 1.29 is 0 Å². The second-order valence-electron chi connectivity index (χ2n) is 4.07. The van der Waals surface area contributed by atoms with E-state index in [-0.39, 0.29) is 6.04 Å². The van der Waals surface area contributed by atoms with Gasteiger partial charge in [-0.3, -0.25) is 0 Å². The summed E-state index contributed by atoms with van der Waals surface area (Å²) in [6.07, 6.45) is 1.08. The second kappa shape index (κ2) is 2.61. The zero-order valence-electron chi connectivity index (χ0n) is 8.33. The van der Waals surface area contributed by atoms with Gasteiger partial charge in [-0.1, -0.05) is 18.2 Å². The third-order valence-electron chi connectivity index (χ3n) is 3.29. The van der Waals surface area contributed by atoms with Gasteiger partial charge in [0.15, 0.2) is 0 Å². The van der Waals surface area contributed by atoms with Crippen LogP contribution < -0.4 is 5.73 Å². The molecule has 2 nitrogen and oxygen atoms in total. The van der Waals surface area contributed by atoms with E-state index in [0.29, 0.717) is 0 Å². The Balaban J connectivity index is 2.45. The van der Waals surface area contributed by atoms with Crippen molar-refractivity contribution in [2.75, 3.05) is 0 Å². The summed E-state index contributed by atoms with van der Waals surface area (Å²) >= 11 is 0. The van der Waals surface area contributed by atoms with E-state index in [0.717, 1.165) is 13.0 Å². The van der Waals surface area contributed by atoms with Crippen LogP contribution in [0.3, 0.4) is 0 Å². The lowest BCUT2D eigenvalue weighted by Crippen LogP contribution is -2.06. The summed E-state index contributed by atoms with van der Waals surface area (Å²) in [5.74, 6) is 0. The summed E-state index contributed by atoms with van der Waals surface area (Å²) in [5, 5.41) is 1.36. The van der Waals surface area contributed by atoms with E-state index in [9.17, 15) is 0 Å². The molecule has 2 aromatic rings. The zero-order chi connectivity index (χ0) is 9.71. The first-order valence-electron chi connectivity index (χ1n) is 5.12. The molecule has 0 spiro atoms. The van der Waals surface area contributed by atoms with E-state index in [1.807, 2.05) is 0 Å². The first kappa shape index (κ1) is 8.06. The van der Waals surface area contributed by atoms with E-state index in [4.69, 9.17) is 5.73 Å². The molecule has 1 aromatic carbocycles. The van der Waals surface area contributed by atoms with Gasteiger partial charge in [-0.05, 0) is 25.0 Å². The quantitative estimate of drug-likeness (QED) is 0.672. The van der Waals surface area contributed by atoms with Gasteiger partial charge in [0.2, 0.25) is 0 Å². The van der Waals surface area contributed by atoms with Crippen LogP contribution in [0.2, 0.25) is 0 Å². The lowest BCUT2D eigenvalue weighted by Gasteiger charge is -2.02. The Morgan fingerprint density at radius 2 is 2.14 bits per heavy atom. The summed E-state index contributed by atoms with van der Waals surface area (Å²) in [6, 6.07) is 8.80. The highest BCUT2D eigenvalue weighted by molar-refractivity contribution is 5.85. The second-order valence-corrected chi connectivity index (χ2v) is 4.07. The predicted molar refractivity (Wildman–Crippen MR) is 58.2 cm³/mol. The van der Waals surface area contributed by atoms with Gasteiger partial charge in [0.25, 0.3) is 0 Å². The summed E-state index contributed by atoms with van der Waals surface area (Å²) in [4.78, 5) is 0. The fraction of sp³-hybridized carbons (Fsp3) is 0.333. The number of aromatic nitrogens is 1. The van der Waals surface area contributed by atoms with Gasteiger partial charge >= 0.3 is 0 Å². The first-order valence-corrected chi connectivity index (χ1v) is 5.12. The SMILES string of the molecule is Cc1c2n(c3ccccc13)CCC2N. The molecule has 2 heterocycles. The molecular weight excluding hydrogens is 172 g/mol. The van der Waals surface area contributed by atoms with Crippen LogP contribution in [0.1, 0.15) is 23.7 Å². The van der Waals surface area contributed by atoms with E-state index >= 15 is 0 Å². The van der Waals surface area contributed by atoms with Crippen molar-refractivity contribution in [2.24, 2.45) is 5.73 Å². The lowest BCUT2D eigenvalue weighted by atomic mass is 10.1. The Morgan fingerprint density at radius 3 is 3.00 bits per heavy atom. The fourth-order valence-corrected chi connectivity index (χ4v) is 2.62. The van der Waals surface area contributed by atoms with E-state index in [1.165, 1.54) is 22.2 Å². The molecule has 14 heavy (non-hydrogen) atoms. The summed E-state index contributed by atoms with van der Waals surface area (Å²) < 4.78 is 2.37. The molecule has 1 aliphatic rings. The van der Waals surface area contributed by atoms with Crippen molar-refractivity contribution >= 4 is 10.9 Å². The van der Waals surface area contributed by atoms with Crippen molar-refractivity contribution in [1.29, 1.82) is 0 Å². The molecule has 0 amide bonds. The molecule has 0 fully saturated rings. The average Bonchev–Trinajstić information content (AvgIpc) is 2.70. The molecule has 0 aliphatic carbocycles. The van der Waals surface area contributed by atoms with Crippen LogP contribution in [0.25, 0.3) is 10.9 Å². The van der Waals surface area contributed by atoms with Crippen LogP contribution in [-0.2, 0) is 6.54 Å². The molecular formula is C12H14N2. The number of aryl methyl sites for hydroxylation is 2. The van der Waals surface area contributed by atoms with Crippen molar-refractivity contribution in [2.45, 2.75) is 25.9 Å². The monoisotopic (exact) mass is 186 g/mol. The highest BCUT2D eigenvalue weighted by Gasteiger charge is 2.24. The van der Waals surface area contributed by atoms with Gasteiger partial charge in [0.1, 0.15) is 0 Å². The van der Waals surface area contributed by atoms with E-state index in [1.54, 1.807) is 0 Å². The zero-order valence-corrected chi connectivity index (χ0v) is 8.33. The number of nitrogens with zero attached hydrogens (tertiary/aromatic N) is 1. The maximum atomic E-state index is 6.09. The van der Waals surface area contributed by atoms with Gasteiger partial charge in [-0.25, -0.2) is 0 Å². The van der Waals surface area contributed by atoms with E-state index in [2.05, 4.69) is 35.8 Å². The van der Waals surface area contributed by atoms with Crippen LogP contribution in [0.5, 0.6) is 0 Å². The maximum absolute atomic E-state index is 6.09. The Kier molecular flexibility index (Phi) is 1.50. The molecule has 0 bridgehead atoms. The Hall–Kier alpha value is -1.28. The van der Waals surface area contributed by atoms with Crippen molar-refractivity contribution in [3.05, 3.63) is 35.5 Å². The molecule has 72 valence electrons. The highest BCUT2D eigenvalue weighted by atomic mass is 15.0. The predicted octanol–water partition coefficient (Wildman–Crippen LogP) is 2.35. The minimum absolute atomic E-state index is 0.238. The van der Waals surface area contributed by atoms with Crippen LogP contribution in [-0.4, -0.2) is 4.57 Å². The molecule has 0 saturated carbocycles. The molecule has 1 atom stereocenters. The Bertz CT molecular complexity index is 496. The Morgan fingerprint density at radius 1 is 1.36 bits per heavy atom. The van der Waals surface area contributed by atoms with Gasteiger partial charge in [0.05, 0.1) is 0 Å². The van der Waals surface area contributed by atoms with Crippen molar-refractivity contribution in [3.8, 4) is 0 Å². The van der Waals surface area contributed by atoms with Crippen molar-refractivity contribution in [3.63, 3.8) is 0 Å². The number of hydrogen-bond acceptors (Lipinski definition) is 1. The third-order valence-corrected chi connectivity index (χ3v) is 3.29. The number of para-hydroxylation sites is 1. The molecule has 0 radical (unpaired) electrons. The normalized spacial score (nSPS) is 20.3. The smallest absolute Gasteiger partial charge is 0.0485 e. The number of nitrogens with two attached hydrogens (primary N) is 1. The summed E-state index contributed by atoms with van der Waals surface area (Å²) in [7, 11) is 0. The maximum Gasteiger partial charge on any atom is 0.0485 e. The van der Waals surface area contributed by atoms with Gasteiger partial charge < -0.3 is 10.3 Å². The lowest BCUT2D eigenvalue weighted by molar-refractivity contribution is 0.690. The largest absolute Gasteiger partial charge is 0.343 e. The molecule has 0 saturated heterocycles. The van der Waals surface area contributed by atoms with Gasteiger partial charge in [-0.15, -0.1) is 0 Å². The molecule has 3 rings (SSSR count). The third kappa shape index (κ3) is 0.840. The Labute approximate surface area is 83.3 Å². The molecule has 1 aliphatic heterocycles. The van der Waals surface area contributed by atoms with Crippen LogP contribution >= 0.6 is 0 Å². The molecule has 1 unspecified atom stereocenters. The van der Waals surface area contributed by atoms with Crippen LogP contribution in [0, 0.1) is 6.92 Å². The standard InChI is InChI=1S/C12H14N2/c1-8-9-4-2-3-5-11(9)14-7-6-10(13)12(8)14/h2-5,10H,6-7,13H2,1H3. The van der Waals surface area contributed by atoms with Gasteiger partial charge in [0, 0.05) is 29.2 Å². The topological polar surface area (TPSA) is 30.9 Å². The summed E-state index contributed by atoms with van der Waals surface area (Å²) in [5.41, 5.74) is 10.1. The molecule has 2 heteroatoms. The molecule has 1 aromatic heterocycles. The number of benzene rings is 1. The first-order chi connectivity index (χ1) is 6.79. The van der Waals surface area contributed by atoms with Crippen LogP contribution in [0.4, 0.5) is 0 Å². The number of fused-ring (bicyclic) bond motifs is 3. The van der Waals surface area contributed by atoms with Crippen molar-refractivity contribution in [1.82, 2.24) is 4.57 Å². The van der Waals surface area contributed by atoms with E-state index < -0.39 is 0 Å². The number of hydrogen-bond donors (Lipinski definition) is 1. The fourth-order valence-electron chi connectivity index (χ4n) is 2.62. The van der Waals surface area contributed by atoms with Gasteiger partial charge in [-0.2, -0.15) is 0 Å². The minimum atomic E-state index is 0.238. The summed E-state index contributed by atoms with van der Waals surface area (Å²) in [6.45, 7) is 3.25. The average molecular weight is 186 g/mol. The minimum Gasteiger partial charge on any atom is -0.343 e. The van der Waals surface area contributed by atoms with Crippen LogP contribution in [0.15, 0.2) is 24.3 Å². The highest BCUT2D eigenvalue weighted by Crippen LogP contribution is 2.34.